The summed E-state index contributed by atoms with van der Waals surface area (Å²) in [6.45, 7) is 1.89. The molecule has 1 aromatic rings. The number of thioether (sulfide) groups is 1. The summed E-state index contributed by atoms with van der Waals surface area (Å²) in [6, 6.07) is 6.62. The van der Waals surface area contributed by atoms with Gasteiger partial charge in [0.2, 0.25) is 15.7 Å². The first-order chi connectivity index (χ1) is 7.50. The van der Waals surface area contributed by atoms with Crippen LogP contribution in [0.15, 0.2) is 29.2 Å². The van der Waals surface area contributed by atoms with Gasteiger partial charge in [-0.25, -0.2) is 8.42 Å². The van der Waals surface area contributed by atoms with Crippen molar-refractivity contribution in [3.63, 3.8) is 0 Å². The highest BCUT2D eigenvalue weighted by Gasteiger charge is 2.34. The first-order valence-corrected chi connectivity index (χ1v) is 7.31. The summed E-state index contributed by atoms with van der Waals surface area (Å²) in [7, 11) is -3.46. The second-order valence-electron chi connectivity index (χ2n) is 3.57. The van der Waals surface area contributed by atoms with Gasteiger partial charge in [0, 0.05) is 0 Å². The third-order valence-electron chi connectivity index (χ3n) is 2.28. The molecule has 16 heavy (non-hydrogen) atoms. The maximum absolute atomic E-state index is 12.1. The summed E-state index contributed by atoms with van der Waals surface area (Å²) in [5, 5.41) is 2.44. The lowest BCUT2D eigenvalue weighted by Crippen LogP contribution is -2.31. The van der Waals surface area contributed by atoms with Crippen molar-refractivity contribution in [1.29, 1.82) is 0 Å². The van der Waals surface area contributed by atoms with Gasteiger partial charge in [0.15, 0.2) is 4.71 Å². The van der Waals surface area contributed by atoms with Crippen LogP contribution in [0.2, 0.25) is 0 Å². The lowest BCUT2D eigenvalue weighted by Gasteiger charge is -2.10. The van der Waals surface area contributed by atoms with Crippen molar-refractivity contribution >= 4 is 27.5 Å². The number of nitrogens with one attached hydrogen (secondary N) is 1. The van der Waals surface area contributed by atoms with Crippen LogP contribution in [0.3, 0.4) is 0 Å². The molecule has 4 nitrogen and oxygen atoms in total. The molecule has 1 N–H and O–H groups in total. The fraction of sp³-hybridized carbons (Fsp3) is 0.300. The fourth-order valence-electron chi connectivity index (χ4n) is 1.38. The molecule has 1 amide bonds. The predicted octanol–water partition coefficient (Wildman–Crippen LogP) is 0.915. The zero-order valence-electron chi connectivity index (χ0n) is 8.64. The Balaban J connectivity index is 2.32. The molecule has 1 aromatic carbocycles. The topological polar surface area (TPSA) is 63.2 Å². The van der Waals surface area contributed by atoms with Crippen molar-refractivity contribution < 1.29 is 13.2 Å². The lowest BCUT2D eigenvalue weighted by atomic mass is 10.2. The van der Waals surface area contributed by atoms with Gasteiger partial charge < -0.3 is 5.32 Å². The average Bonchev–Trinajstić information content (AvgIpc) is 2.66. The van der Waals surface area contributed by atoms with Crippen LogP contribution < -0.4 is 5.32 Å². The van der Waals surface area contributed by atoms with E-state index in [9.17, 15) is 13.2 Å². The van der Waals surface area contributed by atoms with Crippen molar-refractivity contribution in [3.05, 3.63) is 29.8 Å². The fourth-order valence-corrected chi connectivity index (χ4v) is 4.29. The van der Waals surface area contributed by atoms with E-state index in [0.717, 1.165) is 17.3 Å². The van der Waals surface area contributed by atoms with Gasteiger partial charge in [0.05, 0.1) is 10.6 Å². The molecule has 1 atom stereocenters. The van der Waals surface area contributed by atoms with Crippen molar-refractivity contribution in [2.45, 2.75) is 16.5 Å². The number of carbonyl (C=O) groups is 1. The molecule has 1 unspecified atom stereocenters. The van der Waals surface area contributed by atoms with Gasteiger partial charge in [0.25, 0.3) is 0 Å². The molecule has 0 saturated carbocycles. The summed E-state index contributed by atoms with van der Waals surface area (Å²) >= 11 is 1.11. The molecule has 2 rings (SSSR count). The quantitative estimate of drug-likeness (QED) is 0.855. The molecule has 1 heterocycles. The zero-order chi connectivity index (χ0) is 11.8. The van der Waals surface area contributed by atoms with E-state index in [2.05, 4.69) is 5.32 Å². The van der Waals surface area contributed by atoms with Crippen LogP contribution in [0.4, 0.5) is 0 Å². The smallest absolute Gasteiger partial charge is 0.231 e. The standard InChI is InChI=1S/C10H11NO3S2/c1-7-2-4-8(5-3-7)16(13,14)10-11-9(12)6-15-10/h2-5,10H,6H2,1H3,(H,11,12). The highest BCUT2D eigenvalue weighted by Crippen LogP contribution is 2.26. The Hall–Kier alpha value is -1.01. The van der Waals surface area contributed by atoms with E-state index in [4.69, 9.17) is 0 Å². The van der Waals surface area contributed by atoms with E-state index in [0.29, 0.717) is 0 Å². The van der Waals surface area contributed by atoms with Gasteiger partial charge >= 0.3 is 0 Å². The molecule has 0 radical (unpaired) electrons. The van der Waals surface area contributed by atoms with E-state index >= 15 is 0 Å². The Labute approximate surface area is 98.3 Å². The van der Waals surface area contributed by atoms with Crippen LogP contribution >= 0.6 is 11.8 Å². The zero-order valence-corrected chi connectivity index (χ0v) is 10.3. The van der Waals surface area contributed by atoms with E-state index in [1.165, 1.54) is 0 Å². The van der Waals surface area contributed by atoms with E-state index < -0.39 is 14.5 Å². The van der Waals surface area contributed by atoms with E-state index in [1.54, 1.807) is 24.3 Å². The summed E-state index contributed by atoms with van der Waals surface area (Å²) < 4.78 is 23.3. The molecule has 6 heteroatoms. The molecule has 0 bridgehead atoms. The first-order valence-electron chi connectivity index (χ1n) is 4.72. The molecule has 86 valence electrons. The minimum absolute atomic E-state index is 0.204. The van der Waals surface area contributed by atoms with Crippen LogP contribution in [0.5, 0.6) is 0 Å². The summed E-state index contributed by atoms with van der Waals surface area (Å²) in [4.78, 5) is 11.2. The van der Waals surface area contributed by atoms with Crippen LogP contribution in [0, 0.1) is 6.92 Å². The van der Waals surface area contributed by atoms with Crippen molar-refractivity contribution in [2.75, 3.05) is 5.75 Å². The number of carbonyl (C=O) groups excluding carboxylic acids is 1. The monoisotopic (exact) mass is 257 g/mol. The van der Waals surface area contributed by atoms with Crippen LogP contribution in [-0.4, -0.2) is 24.8 Å². The second-order valence-corrected chi connectivity index (χ2v) is 6.99. The maximum Gasteiger partial charge on any atom is 0.231 e. The van der Waals surface area contributed by atoms with E-state index in [1.807, 2.05) is 6.92 Å². The molecule has 1 saturated heterocycles. The highest BCUT2D eigenvalue weighted by atomic mass is 32.3. The second kappa shape index (κ2) is 4.10. The van der Waals surface area contributed by atoms with Gasteiger partial charge in [-0.15, -0.1) is 11.8 Å². The number of amides is 1. The summed E-state index contributed by atoms with van der Waals surface area (Å²) in [5.74, 6) is -0.0267. The maximum atomic E-state index is 12.1. The molecule has 1 aliphatic rings. The first kappa shape index (κ1) is 11.5. The van der Waals surface area contributed by atoms with Gasteiger partial charge in [-0.3, -0.25) is 4.79 Å². The van der Waals surface area contributed by atoms with Gasteiger partial charge in [-0.2, -0.15) is 0 Å². The van der Waals surface area contributed by atoms with Crippen molar-refractivity contribution in [3.8, 4) is 0 Å². The molecule has 1 aliphatic heterocycles. The van der Waals surface area contributed by atoms with Crippen molar-refractivity contribution in [2.24, 2.45) is 0 Å². The van der Waals surface area contributed by atoms with Gasteiger partial charge in [-0.1, -0.05) is 17.7 Å². The Morgan fingerprint density at radius 1 is 1.31 bits per heavy atom. The Morgan fingerprint density at radius 3 is 2.44 bits per heavy atom. The minimum Gasteiger partial charge on any atom is -0.330 e. The van der Waals surface area contributed by atoms with Crippen molar-refractivity contribution in [1.82, 2.24) is 5.32 Å². The number of aryl methyl sites for hydroxylation is 1. The van der Waals surface area contributed by atoms with E-state index in [-0.39, 0.29) is 16.6 Å². The summed E-state index contributed by atoms with van der Waals surface area (Å²) in [6.07, 6.45) is 0. The number of sulfone groups is 1. The number of hydrogen-bond donors (Lipinski definition) is 1. The predicted molar refractivity (Wildman–Crippen MR) is 62.8 cm³/mol. The van der Waals surface area contributed by atoms with Gasteiger partial charge in [-0.05, 0) is 19.1 Å². The number of rotatable bonds is 2. The molecular formula is C10H11NO3S2. The van der Waals surface area contributed by atoms with Crippen LogP contribution in [0.25, 0.3) is 0 Å². The number of benzene rings is 1. The van der Waals surface area contributed by atoms with Crippen LogP contribution in [0.1, 0.15) is 5.56 Å². The lowest BCUT2D eigenvalue weighted by molar-refractivity contribution is -0.117. The SMILES string of the molecule is Cc1ccc(S(=O)(=O)C2NC(=O)CS2)cc1. The Kier molecular flexibility index (Phi) is 2.94. The van der Waals surface area contributed by atoms with Crippen LogP contribution in [-0.2, 0) is 14.6 Å². The largest absolute Gasteiger partial charge is 0.330 e. The third kappa shape index (κ3) is 2.08. The molecular weight excluding hydrogens is 246 g/mol. The van der Waals surface area contributed by atoms with Gasteiger partial charge in [0.1, 0.15) is 0 Å². The number of hydrogen-bond acceptors (Lipinski definition) is 4. The average molecular weight is 257 g/mol. The Bertz CT molecular complexity index is 507. The highest BCUT2D eigenvalue weighted by molar-refractivity contribution is 8.14. The molecule has 0 aliphatic carbocycles. The molecule has 1 fully saturated rings. The Morgan fingerprint density at radius 2 is 1.94 bits per heavy atom. The minimum atomic E-state index is -3.46. The normalized spacial score (nSPS) is 20.8. The molecule has 0 aromatic heterocycles. The third-order valence-corrected chi connectivity index (χ3v) is 5.90. The molecule has 0 spiro atoms. The summed E-state index contributed by atoms with van der Waals surface area (Å²) in [5.41, 5.74) is 1.00.